The molecule has 2 aliphatic rings. The molecule has 174 valence electrons. The molecule has 1 aliphatic carbocycles. The average molecular weight is 484 g/mol. The van der Waals surface area contributed by atoms with Gasteiger partial charge in [-0.3, -0.25) is 9.59 Å². The fourth-order valence-electron chi connectivity index (χ4n) is 4.61. The van der Waals surface area contributed by atoms with Crippen LogP contribution in [0.5, 0.6) is 0 Å². The van der Waals surface area contributed by atoms with Gasteiger partial charge in [0, 0.05) is 49.1 Å². The molecule has 1 atom stereocenters. The third-order valence-corrected chi connectivity index (χ3v) is 8.49. The van der Waals surface area contributed by atoms with Gasteiger partial charge in [-0.15, -0.1) is 11.3 Å². The number of anilines is 1. The summed E-state index contributed by atoms with van der Waals surface area (Å²) in [7, 11) is 0. The number of aromatic nitrogens is 1. The van der Waals surface area contributed by atoms with E-state index >= 15 is 0 Å². The van der Waals surface area contributed by atoms with Crippen LogP contribution in [0.25, 0.3) is 10.2 Å². The molecule has 5 rings (SSSR count). The Bertz CT molecular complexity index is 1120. The van der Waals surface area contributed by atoms with E-state index in [-0.39, 0.29) is 11.8 Å². The zero-order valence-electron chi connectivity index (χ0n) is 18.5. The first-order chi connectivity index (χ1) is 16.1. The van der Waals surface area contributed by atoms with E-state index in [1.54, 1.807) is 22.7 Å². The van der Waals surface area contributed by atoms with Gasteiger partial charge < -0.3 is 20.9 Å². The summed E-state index contributed by atoms with van der Waals surface area (Å²) >= 11 is 3.24. The number of hydrogen-bond donors (Lipinski definition) is 2. The summed E-state index contributed by atoms with van der Waals surface area (Å²) in [6.45, 7) is 2.74. The molecule has 0 bridgehead atoms. The number of carbonyl (C=O) groups excluding carboxylic acids is 2. The second kappa shape index (κ2) is 9.79. The first-order valence-corrected chi connectivity index (χ1v) is 13.3. The maximum Gasteiger partial charge on any atom is 0.251 e. The number of thiazole rings is 1. The fraction of sp³-hybridized carbons (Fsp3) is 0.458. The Hall–Kier alpha value is -2.49. The minimum absolute atomic E-state index is 0.00441. The van der Waals surface area contributed by atoms with E-state index in [0.717, 1.165) is 46.2 Å². The first-order valence-electron chi connectivity index (χ1n) is 11.6. The Kier molecular flexibility index (Phi) is 6.62. The molecule has 2 amide bonds. The van der Waals surface area contributed by atoms with Crippen LogP contribution in [0, 0.1) is 0 Å². The number of rotatable bonds is 6. The van der Waals surface area contributed by atoms with Crippen LogP contribution in [-0.2, 0) is 11.2 Å². The number of nitrogens with zero attached hydrogens (tertiary/aromatic N) is 3. The topological polar surface area (TPSA) is 91.6 Å². The lowest BCUT2D eigenvalue weighted by Gasteiger charge is -2.35. The van der Waals surface area contributed by atoms with Gasteiger partial charge in [0.25, 0.3) is 5.91 Å². The monoisotopic (exact) mass is 483 g/mol. The van der Waals surface area contributed by atoms with Crippen LogP contribution in [-0.4, -0.2) is 60.0 Å². The number of hydrogen-bond acceptors (Lipinski definition) is 7. The predicted molar refractivity (Wildman–Crippen MR) is 134 cm³/mol. The number of nitrogens with two attached hydrogens (primary N) is 1. The van der Waals surface area contributed by atoms with Crippen LogP contribution in [0.15, 0.2) is 35.7 Å². The number of thiophene rings is 1. The lowest BCUT2D eigenvalue weighted by molar-refractivity contribution is -0.132. The van der Waals surface area contributed by atoms with Gasteiger partial charge in [-0.1, -0.05) is 30.2 Å². The van der Waals surface area contributed by atoms with Crippen LogP contribution < -0.4 is 16.0 Å². The van der Waals surface area contributed by atoms with Gasteiger partial charge in [-0.2, -0.15) is 0 Å². The maximum absolute atomic E-state index is 12.8. The summed E-state index contributed by atoms with van der Waals surface area (Å²) in [6.07, 6.45) is 5.13. The lowest BCUT2D eigenvalue weighted by atomic mass is 10.1. The number of piperazine rings is 1. The molecule has 9 heteroatoms. The Morgan fingerprint density at radius 2 is 1.94 bits per heavy atom. The SMILES string of the molecule is NC(Cc1cccs1)C(=O)N1CCN(c2nc3ccc(C(=O)NC4CCCC4)cc3s2)CC1. The van der Waals surface area contributed by atoms with E-state index in [1.165, 1.54) is 12.8 Å². The van der Waals surface area contributed by atoms with Crippen molar-refractivity contribution in [2.24, 2.45) is 5.73 Å². The minimum Gasteiger partial charge on any atom is -0.349 e. The molecule has 0 radical (unpaired) electrons. The van der Waals surface area contributed by atoms with Gasteiger partial charge in [0.1, 0.15) is 0 Å². The molecule has 2 aromatic heterocycles. The smallest absolute Gasteiger partial charge is 0.251 e. The molecule has 1 aromatic carbocycles. The van der Waals surface area contributed by atoms with Crippen LogP contribution in [0.2, 0.25) is 0 Å². The molecule has 3 aromatic rings. The number of amides is 2. The summed E-state index contributed by atoms with van der Waals surface area (Å²) in [5, 5.41) is 6.10. The van der Waals surface area contributed by atoms with Gasteiger partial charge in [0.15, 0.2) is 5.13 Å². The molecule has 0 spiro atoms. The third-order valence-electron chi connectivity index (χ3n) is 6.51. The number of nitrogens with one attached hydrogen (secondary N) is 1. The highest BCUT2D eigenvalue weighted by Gasteiger charge is 2.27. The van der Waals surface area contributed by atoms with Crippen LogP contribution >= 0.6 is 22.7 Å². The van der Waals surface area contributed by atoms with Crippen LogP contribution in [0.4, 0.5) is 5.13 Å². The van der Waals surface area contributed by atoms with Crippen LogP contribution in [0.1, 0.15) is 40.9 Å². The van der Waals surface area contributed by atoms with Crippen molar-refractivity contribution < 1.29 is 9.59 Å². The van der Waals surface area contributed by atoms with Crippen molar-refractivity contribution in [3.05, 3.63) is 46.2 Å². The number of fused-ring (bicyclic) bond motifs is 1. The molecule has 1 saturated carbocycles. The number of carbonyl (C=O) groups is 2. The van der Waals surface area contributed by atoms with E-state index < -0.39 is 6.04 Å². The van der Waals surface area contributed by atoms with Crippen molar-refractivity contribution in [1.82, 2.24) is 15.2 Å². The van der Waals surface area contributed by atoms with Gasteiger partial charge in [-0.05, 0) is 42.5 Å². The highest BCUT2D eigenvalue weighted by Crippen LogP contribution is 2.30. The summed E-state index contributed by atoms with van der Waals surface area (Å²) in [5.74, 6) is 0.0232. The quantitative estimate of drug-likeness (QED) is 0.562. The standard InChI is InChI=1S/C24H29N5O2S2/c25-19(15-18-6-3-13-32-18)23(31)28-9-11-29(12-10-28)24-27-20-8-7-16(14-21(20)33-24)22(30)26-17-4-1-2-5-17/h3,6-8,13-14,17,19H,1-2,4-5,9-12,15,25H2,(H,26,30). The fourth-order valence-corrected chi connectivity index (χ4v) is 6.43. The summed E-state index contributed by atoms with van der Waals surface area (Å²) < 4.78 is 1.01. The van der Waals surface area contributed by atoms with Gasteiger partial charge in [0.05, 0.1) is 16.3 Å². The zero-order chi connectivity index (χ0) is 22.8. The second-order valence-electron chi connectivity index (χ2n) is 8.84. The van der Waals surface area contributed by atoms with Gasteiger partial charge >= 0.3 is 0 Å². The maximum atomic E-state index is 12.8. The molecule has 1 unspecified atom stereocenters. The van der Waals surface area contributed by atoms with E-state index in [0.29, 0.717) is 31.1 Å². The van der Waals surface area contributed by atoms with Crippen molar-refractivity contribution in [2.75, 3.05) is 31.1 Å². The number of benzene rings is 1. The van der Waals surface area contributed by atoms with Crippen LogP contribution in [0.3, 0.4) is 0 Å². The van der Waals surface area contributed by atoms with Gasteiger partial charge in [0.2, 0.25) is 5.91 Å². The van der Waals surface area contributed by atoms with E-state index in [2.05, 4.69) is 10.2 Å². The predicted octanol–water partition coefficient (Wildman–Crippen LogP) is 3.25. The normalized spacial score (nSPS) is 18.1. The minimum atomic E-state index is -0.494. The van der Waals surface area contributed by atoms with Crippen molar-refractivity contribution >= 4 is 49.8 Å². The average Bonchev–Trinajstić information content (AvgIpc) is 3.60. The summed E-state index contributed by atoms with van der Waals surface area (Å²) in [5.41, 5.74) is 7.79. The van der Waals surface area contributed by atoms with E-state index in [4.69, 9.17) is 10.7 Å². The Morgan fingerprint density at radius 1 is 1.15 bits per heavy atom. The zero-order valence-corrected chi connectivity index (χ0v) is 20.2. The van der Waals surface area contributed by atoms with E-state index in [1.807, 2.05) is 40.6 Å². The van der Waals surface area contributed by atoms with Crippen molar-refractivity contribution in [1.29, 1.82) is 0 Å². The molecule has 3 heterocycles. The summed E-state index contributed by atoms with van der Waals surface area (Å²) in [4.78, 5) is 35.4. The van der Waals surface area contributed by atoms with Crippen molar-refractivity contribution in [2.45, 2.75) is 44.2 Å². The summed E-state index contributed by atoms with van der Waals surface area (Å²) in [6, 6.07) is 9.56. The highest BCUT2D eigenvalue weighted by atomic mass is 32.1. The molecule has 1 aliphatic heterocycles. The Labute approximate surface area is 201 Å². The molecule has 33 heavy (non-hydrogen) atoms. The molecule has 1 saturated heterocycles. The Morgan fingerprint density at radius 3 is 2.67 bits per heavy atom. The van der Waals surface area contributed by atoms with Crippen molar-refractivity contribution in [3.63, 3.8) is 0 Å². The highest BCUT2D eigenvalue weighted by molar-refractivity contribution is 7.22. The molecule has 3 N–H and O–H groups in total. The lowest BCUT2D eigenvalue weighted by Crippen LogP contribution is -2.53. The second-order valence-corrected chi connectivity index (χ2v) is 10.9. The first kappa shape index (κ1) is 22.3. The molecular formula is C24H29N5O2S2. The molecule has 7 nitrogen and oxygen atoms in total. The molecular weight excluding hydrogens is 454 g/mol. The van der Waals surface area contributed by atoms with Gasteiger partial charge in [-0.25, -0.2) is 4.98 Å². The third kappa shape index (κ3) is 5.05. The largest absolute Gasteiger partial charge is 0.349 e. The van der Waals surface area contributed by atoms with Crippen molar-refractivity contribution in [3.8, 4) is 0 Å². The molecule has 2 fully saturated rings. The Balaban J connectivity index is 1.19. The van der Waals surface area contributed by atoms with E-state index in [9.17, 15) is 9.59 Å².